The summed E-state index contributed by atoms with van der Waals surface area (Å²) in [7, 11) is 1.71. The molecule has 4 rings (SSSR count). The molecule has 0 saturated carbocycles. The average Bonchev–Trinajstić information content (AvgIpc) is 3.00. The highest BCUT2D eigenvalue weighted by Crippen LogP contribution is 2.27. The van der Waals surface area contributed by atoms with E-state index in [1.807, 2.05) is 32.0 Å². The predicted octanol–water partition coefficient (Wildman–Crippen LogP) is 3.17. The van der Waals surface area contributed by atoms with Gasteiger partial charge in [-0.2, -0.15) is 0 Å². The Morgan fingerprint density at radius 3 is 2.34 bits per heavy atom. The van der Waals surface area contributed by atoms with Crippen LogP contribution in [0.2, 0.25) is 0 Å². The van der Waals surface area contributed by atoms with Crippen LogP contribution < -0.4 is 9.80 Å². The first-order valence-electron chi connectivity index (χ1n) is 9.02. The van der Waals surface area contributed by atoms with Gasteiger partial charge >= 0.3 is 0 Å². The topological polar surface area (TPSA) is 83.5 Å². The van der Waals surface area contributed by atoms with Gasteiger partial charge in [-0.3, -0.25) is 14.4 Å². The van der Waals surface area contributed by atoms with E-state index in [2.05, 4.69) is 9.97 Å². The molecule has 2 heterocycles. The van der Waals surface area contributed by atoms with Crippen molar-refractivity contribution in [3.63, 3.8) is 0 Å². The van der Waals surface area contributed by atoms with E-state index in [4.69, 9.17) is 0 Å². The van der Waals surface area contributed by atoms with Crippen LogP contribution in [-0.4, -0.2) is 34.7 Å². The summed E-state index contributed by atoms with van der Waals surface area (Å²) < 4.78 is 0. The highest BCUT2D eigenvalue weighted by Gasteiger charge is 2.38. The van der Waals surface area contributed by atoms with Gasteiger partial charge in [-0.15, -0.1) is 0 Å². The van der Waals surface area contributed by atoms with Crippen LogP contribution in [-0.2, 0) is 0 Å². The van der Waals surface area contributed by atoms with E-state index in [0.717, 1.165) is 21.7 Å². The highest BCUT2D eigenvalue weighted by atomic mass is 16.2. The Morgan fingerprint density at radius 1 is 0.966 bits per heavy atom. The molecule has 1 aromatic heterocycles. The molecule has 3 aromatic rings. The quantitative estimate of drug-likeness (QED) is 0.646. The van der Waals surface area contributed by atoms with Gasteiger partial charge in [-0.05, 0) is 61.4 Å². The molecule has 0 fully saturated rings. The van der Waals surface area contributed by atoms with Crippen molar-refractivity contribution >= 4 is 29.1 Å². The van der Waals surface area contributed by atoms with Crippen LogP contribution in [0.1, 0.15) is 42.3 Å². The number of rotatable bonds is 3. The number of carbonyl (C=O) groups is 3. The molecule has 7 nitrogen and oxygen atoms in total. The van der Waals surface area contributed by atoms with Crippen molar-refractivity contribution < 1.29 is 14.4 Å². The van der Waals surface area contributed by atoms with Gasteiger partial charge in [0.1, 0.15) is 12.0 Å². The second-order valence-corrected chi connectivity index (χ2v) is 6.91. The lowest BCUT2D eigenvalue weighted by atomic mass is 10.1. The normalized spacial score (nSPS) is 12.9. The molecule has 3 amide bonds. The molecule has 0 radical (unpaired) electrons. The highest BCUT2D eigenvalue weighted by molar-refractivity contribution is 6.33. The van der Waals surface area contributed by atoms with Crippen molar-refractivity contribution in [3.8, 4) is 0 Å². The molecule has 0 bridgehead atoms. The maximum absolute atomic E-state index is 12.8. The van der Waals surface area contributed by atoms with Crippen molar-refractivity contribution in [1.29, 1.82) is 0 Å². The van der Waals surface area contributed by atoms with Gasteiger partial charge in [0.15, 0.2) is 0 Å². The van der Waals surface area contributed by atoms with Gasteiger partial charge in [-0.25, -0.2) is 14.9 Å². The maximum Gasteiger partial charge on any atom is 0.284 e. The van der Waals surface area contributed by atoms with Crippen LogP contribution in [0.4, 0.5) is 11.4 Å². The van der Waals surface area contributed by atoms with Gasteiger partial charge in [0.25, 0.3) is 17.7 Å². The minimum Gasteiger partial charge on any atom is -0.311 e. The van der Waals surface area contributed by atoms with Crippen molar-refractivity contribution in [2.45, 2.75) is 13.8 Å². The zero-order valence-corrected chi connectivity index (χ0v) is 16.2. The summed E-state index contributed by atoms with van der Waals surface area (Å²) in [6.45, 7) is 4.02. The minimum absolute atomic E-state index is 0.0830. The van der Waals surface area contributed by atoms with Crippen LogP contribution in [0.25, 0.3) is 0 Å². The van der Waals surface area contributed by atoms with Crippen LogP contribution in [0.15, 0.2) is 55.0 Å². The van der Waals surface area contributed by atoms with Crippen molar-refractivity contribution in [3.05, 3.63) is 82.9 Å². The molecule has 1 aliphatic heterocycles. The third kappa shape index (κ3) is 3.06. The standard InChI is InChI=1S/C22H18N4O3/c1-13-4-7-17(10-14(13)2)25(3)20(27)15-5-8-16(9-6-15)26-21(28)18-11-23-12-24-19(18)22(26)29/h4-12H,1-3H3. The molecule has 0 spiro atoms. The SMILES string of the molecule is Cc1ccc(N(C)C(=O)c2ccc(N3C(=O)c4cncnc4C3=O)cc2)cc1C. The summed E-state index contributed by atoms with van der Waals surface area (Å²) in [5.41, 5.74) is 4.14. The number of hydrogen-bond donors (Lipinski definition) is 0. The molecule has 2 aromatic carbocycles. The fraction of sp³-hybridized carbons (Fsp3) is 0.136. The number of imide groups is 1. The number of amides is 3. The van der Waals surface area contributed by atoms with E-state index in [0.29, 0.717) is 11.3 Å². The second-order valence-electron chi connectivity index (χ2n) is 6.91. The van der Waals surface area contributed by atoms with Crippen LogP contribution in [0.3, 0.4) is 0 Å². The third-order valence-corrected chi connectivity index (χ3v) is 5.11. The molecule has 0 aliphatic carbocycles. The van der Waals surface area contributed by atoms with Gasteiger partial charge in [0.05, 0.1) is 11.3 Å². The number of fused-ring (bicyclic) bond motifs is 1. The van der Waals surface area contributed by atoms with Crippen molar-refractivity contribution in [2.24, 2.45) is 0 Å². The van der Waals surface area contributed by atoms with Gasteiger partial charge < -0.3 is 4.90 Å². The Morgan fingerprint density at radius 2 is 1.69 bits per heavy atom. The Labute approximate surface area is 167 Å². The lowest BCUT2D eigenvalue weighted by molar-refractivity contribution is 0.0923. The zero-order valence-electron chi connectivity index (χ0n) is 16.2. The summed E-state index contributed by atoms with van der Waals surface area (Å²) >= 11 is 0. The van der Waals surface area contributed by atoms with Crippen molar-refractivity contribution in [1.82, 2.24) is 9.97 Å². The summed E-state index contributed by atoms with van der Waals surface area (Å²) in [6.07, 6.45) is 2.57. The molecular weight excluding hydrogens is 368 g/mol. The summed E-state index contributed by atoms with van der Waals surface area (Å²) in [4.78, 5) is 48.2. The number of benzene rings is 2. The number of hydrogen-bond acceptors (Lipinski definition) is 5. The van der Waals surface area contributed by atoms with E-state index in [1.165, 1.54) is 12.5 Å². The molecule has 29 heavy (non-hydrogen) atoms. The molecule has 144 valence electrons. The van der Waals surface area contributed by atoms with Gasteiger partial charge in [0, 0.05) is 24.5 Å². The lowest BCUT2D eigenvalue weighted by Gasteiger charge is -2.19. The predicted molar refractivity (Wildman–Crippen MR) is 108 cm³/mol. The third-order valence-electron chi connectivity index (χ3n) is 5.11. The molecule has 1 aliphatic rings. The largest absolute Gasteiger partial charge is 0.311 e. The first kappa shape index (κ1) is 18.5. The van der Waals surface area contributed by atoms with Crippen molar-refractivity contribution in [2.75, 3.05) is 16.8 Å². The number of aromatic nitrogens is 2. The smallest absolute Gasteiger partial charge is 0.284 e. The van der Waals surface area contributed by atoms with Crippen LogP contribution in [0, 0.1) is 13.8 Å². The minimum atomic E-state index is -0.501. The van der Waals surface area contributed by atoms with Crippen LogP contribution in [0.5, 0.6) is 0 Å². The molecule has 0 unspecified atom stereocenters. The Bertz CT molecular complexity index is 1120. The van der Waals surface area contributed by atoms with E-state index in [-0.39, 0.29) is 17.2 Å². The molecule has 0 atom stereocenters. The summed E-state index contributed by atoms with van der Waals surface area (Å²) in [5.74, 6) is -1.16. The lowest BCUT2D eigenvalue weighted by Crippen LogP contribution is -2.30. The number of nitrogens with zero attached hydrogens (tertiary/aromatic N) is 4. The fourth-order valence-electron chi connectivity index (χ4n) is 3.21. The number of anilines is 2. The Hall–Kier alpha value is -3.87. The van der Waals surface area contributed by atoms with E-state index in [1.54, 1.807) is 36.2 Å². The Kier molecular flexibility index (Phi) is 4.43. The first-order chi connectivity index (χ1) is 13.9. The van der Waals surface area contributed by atoms with Crippen LogP contribution >= 0.6 is 0 Å². The van der Waals surface area contributed by atoms with E-state index in [9.17, 15) is 14.4 Å². The first-order valence-corrected chi connectivity index (χ1v) is 9.02. The average molecular weight is 386 g/mol. The van der Waals surface area contributed by atoms with Gasteiger partial charge in [0.2, 0.25) is 0 Å². The number of aryl methyl sites for hydroxylation is 2. The molecular formula is C22H18N4O3. The second kappa shape index (κ2) is 6.94. The molecule has 0 saturated heterocycles. The maximum atomic E-state index is 12.8. The van der Waals surface area contributed by atoms with E-state index < -0.39 is 11.8 Å². The van der Waals surface area contributed by atoms with Gasteiger partial charge in [-0.1, -0.05) is 6.07 Å². The molecule has 0 N–H and O–H groups in total. The van der Waals surface area contributed by atoms with E-state index >= 15 is 0 Å². The molecule has 7 heteroatoms. The number of carbonyl (C=O) groups excluding carboxylic acids is 3. The summed E-state index contributed by atoms with van der Waals surface area (Å²) in [5, 5.41) is 0. The summed E-state index contributed by atoms with van der Waals surface area (Å²) in [6, 6.07) is 12.2. The fourth-order valence-corrected chi connectivity index (χ4v) is 3.21. The monoisotopic (exact) mass is 386 g/mol. The Balaban J connectivity index is 1.58. The zero-order chi connectivity index (χ0) is 20.7.